The van der Waals surface area contributed by atoms with Gasteiger partial charge in [-0.25, -0.2) is 0 Å². The van der Waals surface area contributed by atoms with Crippen molar-refractivity contribution in [2.24, 2.45) is 0 Å². The molecule has 1 aliphatic rings. The lowest BCUT2D eigenvalue weighted by molar-refractivity contribution is -0.120. The normalized spacial score (nSPS) is 14.4. The lowest BCUT2D eigenvalue weighted by Crippen LogP contribution is -2.39. The Hall–Kier alpha value is -3.47. The van der Waals surface area contributed by atoms with Gasteiger partial charge >= 0.3 is 0 Å². The predicted molar refractivity (Wildman–Crippen MR) is 138 cm³/mol. The zero-order valence-corrected chi connectivity index (χ0v) is 19.6. The molecule has 34 heavy (non-hydrogen) atoms. The number of aromatic nitrogens is 2. The van der Waals surface area contributed by atoms with Crippen LogP contribution < -0.4 is 5.32 Å². The van der Waals surface area contributed by atoms with Crippen LogP contribution in [0.25, 0.3) is 21.8 Å². The summed E-state index contributed by atoms with van der Waals surface area (Å²) >= 11 is 12.4. The predicted octanol–water partition coefficient (Wildman–Crippen LogP) is 6.77. The van der Waals surface area contributed by atoms with E-state index < -0.39 is 5.41 Å². The Kier molecular flexibility index (Phi) is 5.01. The third kappa shape index (κ3) is 3.60. The molecular weight excluding hydrogens is 465 g/mol. The number of amides is 1. The van der Waals surface area contributed by atoms with Crippen molar-refractivity contribution in [1.82, 2.24) is 9.97 Å². The number of para-hydroxylation sites is 1. The van der Waals surface area contributed by atoms with E-state index in [1.165, 1.54) is 0 Å². The van der Waals surface area contributed by atoms with E-state index in [0.717, 1.165) is 44.4 Å². The standard InChI is InChI=1S/C28H19Cl2N3O/c29-19-9-5-17-7-11-21(31-25(17)13-19)15-28(23-3-1-2-4-24(23)33-27(28)34)16-22-12-8-18-6-10-20(30)14-26(18)32-22/h1-14H,15-16H2,(H,33,34). The SMILES string of the molecule is O=C1Nc2ccccc2C1(Cc1ccc2ccc(Cl)cc2n1)Cc1ccc2ccc(Cl)cc2n1. The molecule has 3 heterocycles. The highest BCUT2D eigenvalue weighted by Gasteiger charge is 2.47. The van der Waals surface area contributed by atoms with Gasteiger partial charge in [0.05, 0.1) is 16.4 Å². The average Bonchev–Trinajstić information content (AvgIpc) is 3.09. The fourth-order valence-electron chi connectivity index (χ4n) is 4.87. The van der Waals surface area contributed by atoms with E-state index in [0.29, 0.717) is 22.9 Å². The van der Waals surface area contributed by atoms with E-state index in [-0.39, 0.29) is 5.91 Å². The van der Waals surface area contributed by atoms with Crippen LogP contribution in [0.5, 0.6) is 0 Å². The first-order valence-electron chi connectivity index (χ1n) is 11.0. The first kappa shape index (κ1) is 21.1. The van der Waals surface area contributed by atoms with Crippen molar-refractivity contribution in [2.75, 3.05) is 5.32 Å². The quantitative estimate of drug-likeness (QED) is 0.307. The van der Waals surface area contributed by atoms with Gasteiger partial charge in [-0.05, 0) is 48.0 Å². The summed E-state index contributed by atoms with van der Waals surface area (Å²) in [6.07, 6.45) is 0.876. The number of fused-ring (bicyclic) bond motifs is 3. The van der Waals surface area contributed by atoms with Gasteiger partial charge in [-0.15, -0.1) is 0 Å². The van der Waals surface area contributed by atoms with Crippen molar-refractivity contribution in [3.8, 4) is 0 Å². The number of halogens is 2. The van der Waals surface area contributed by atoms with Crippen molar-refractivity contribution in [3.63, 3.8) is 0 Å². The number of carbonyl (C=O) groups excluding carboxylic acids is 1. The van der Waals surface area contributed by atoms with E-state index >= 15 is 0 Å². The van der Waals surface area contributed by atoms with Crippen molar-refractivity contribution in [2.45, 2.75) is 18.3 Å². The molecule has 2 aromatic heterocycles. The Balaban J connectivity index is 1.47. The van der Waals surface area contributed by atoms with Crippen LogP contribution in [0.1, 0.15) is 17.0 Å². The minimum absolute atomic E-state index is 0.0466. The summed E-state index contributed by atoms with van der Waals surface area (Å²) in [4.78, 5) is 23.3. The van der Waals surface area contributed by atoms with Gasteiger partial charge in [0, 0.05) is 50.7 Å². The first-order chi connectivity index (χ1) is 16.5. The summed E-state index contributed by atoms with van der Waals surface area (Å²) < 4.78 is 0. The van der Waals surface area contributed by atoms with Crippen LogP contribution in [0.4, 0.5) is 5.69 Å². The van der Waals surface area contributed by atoms with Gasteiger partial charge in [0.2, 0.25) is 5.91 Å². The lowest BCUT2D eigenvalue weighted by atomic mass is 9.74. The smallest absolute Gasteiger partial charge is 0.235 e. The Morgan fingerprint density at radius 3 is 1.82 bits per heavy atom. The molecule has 0 bridgehead atoms. The maximum atomic E-state index is 13.6. The van der Waals surface area contributed by atoms with Crippen LogP contribution in [0.2, 0.25) is 10.0 Å². The molecule has 1 aliphatic heterocycles. The number of anilines is 1. The number of hydrogen-bond acceptors (Lipinski definition) is 3. The van der Waals surface area contributed by atoms with Crippen LogP contribution in [0, 0.1) is 0 Å². The highest BCUT2D eigenvalue weighted by atomic mass is 35.5. The molecule has 6 rings (SSSR count). The van der Waals surface area contributed by atoms with Crippen LogP contribution in [0.3, 0.4) is 0 Å². The molecule has 4 nitrogen and oxygen atoms in total. The third-order valence-electron chi connectivity index (χ3n) is 6.51. The van der Waals surface area contributed by atoms with Gasteiger partial charge in [-0.2, -0.15) is 0 Å². The fraction of sp³-hybridized carbons (Fsp3) is 0.107. The van der Waals surface area contributed by atoms with Crippen molar-refractivity contribution >= 4 is 56.6 Å². The lowest BCUT2D eigenvalue weighted by Gasteiger charge is -2.27. The average molecular weight is 484 g/mol. The summed E-state index contributed by atoms with van der Waals surface area (Å²) in [6, 6.07) is 27.2. The van der Waals surface area contributed by atoms with Crippen LogP contribution >= 0.6 is 23.2 Å². The summed E-state index contributed by atoms with van der Waals surface area (Å²) in [5, 5.41) is 6.37. The van der Waals surface area contributed by atoms with Crippen molar-refractivity contribution in [1.29, 1.82) is 0 Å². The van der Waals surface area contributed by atoms with E-state index in [1.807, 2.05) is 84.9 Å². The Labute approximate surface area is 206 Å². The number of rotatable bonds is 4. The van der Waals surface area contributed by atoms with E-state index in [9.17, 15) is 4.79 Å². The molecule has 166 valence electrons. The van der Waals surface area contributed by atoms with Gasteiger partial charge in [0.15, 0.2) is 0 Å². The maximum absolute atomic E-state index is 13.6. The van der Waals surface area contributed by atoms with Gasteiger partial charge < -0.3 is 5.32 Å². The summed E-state index contributed by atoms with van der Waals surface area (Å²) in [6.45, 7) is 0. The molecular formula is C28H19Cl2N3O. The third-order valence-corrected chi connectivity index (χ3v) is 6.99. The fourth-order valence-corrected chi connectivity index (χ4v) is 5.20. The number of carbonyl (C=O) groups is 1. The molecule has 0 aliphatic carbocycles. The largest absolute Gasteiger partial charge is 0.325 e. The molecule has 0 saturated carbocycles. The second-order valence-electron chi connectivity index (χ2n) is 8.71. The molecule has 0 radical (unpaired) electrons. The number of nitrogens with zero attached hydrogens (tertiary/aromatic N) is 2. The zero-order chi connectivity index (χ0) is 23.3. The molecule has 1 N–H and O–H groups in total. The monoisotopic (exact) mass is 483 g/mol. The minimum atomic E-state index is -0.838. The molecule has 0 saturated heterocycles. The van der Waals surface area contributed by atoms with Gasteiger partial charge in [0.25, 0.3) is 0 Å². The van der Waals surface area contributed by atoms with E-state index in [4.69, 9.17) is 33.2 Å². The van der Waals surface area contributed by atoms with Crippen LogP contribution in [0.15, 0.2) is 84.9 Å². The number of benzene rings is 3. The molecule has 6 heteroatoms. The van der Waals surface area contributed by atoms with Gasteiger partial charge in [0.1, 0.15) is 0 Å². The molecule has 0 unspecified atom stereocenters. The number of hydrogen-bond donors (Lipinski definition) is 1. The van der Waals surface area contributed by atoms with Gasteiger partial charge in [-0.1, -0.05) is 65.7 Å². The minimum Gasteiger partial charge on any atom is -0.325 e. The number of pyridine rings is 2. The first-order valence-corrected chi connectivity index (χ1v) is 11.8. The van der Waals surface area contributed by atoms with Crippen LogP contribution in [-0.2, 0) is 23.1 Å². The molecule has 5 aromatic rings. The Morgan fingerprint density at radius 1 is 0.706 bits per heavy atom. The molecule has 3 aromatic carbocycles. The number of nitrogens with one attached hydrogen (secondary N) is 1. The van der Waals surface area contributed by atoms with Crippen molar-refractivity contribution in [3.05, 3.63) is 112 Å². The maximum Gasteiger partial charge on any atom is 0.235 e. The van der Waals surface area contributed by atoms with E-state index in [2.05, 4.69) is 5.32 Å². The Morgan fingerprint density at radius 2 is 1.24 bits per heavy atom. The summed E-state index contributed by atoms with van der Waals surface area (Å²) in [5.74, 6) is -0.0466. The Bertz CT molecular complexity index is 1510. The molecule has 1 amide bonds. The highest BCUT2D eigenvalue weighted by molar-refractivity contribution is 6.31. The summed E-state index contributed by atoms with van der Waals surface area (Å²) in [7, 11) is 0. The van der Waals surface area contributed by atoms with Gasteiger partial charge in [-0.3, -0.25) is 14.8 Å². The highest BCUT2D eigenvalue weighted by Crippen LogP contribution is 2.42. The zero-order valence-electron chi connectivity index (χ0n) is 18.1. The second kappa shape index (κ2) is 8.08. The molecule has 0 fully saturated rings. The van der Waals surface area contributed by atoms with E-state index in [1.54, 1.807) is 0 Å². The van der Waals surface area contributed by atoms with Crippen LogP contribution in [-0.4, -0.2) is 15.9 Å². The topological polar surface area (TPSA) is 54.9 Å². The molecule has 0 atom stereocenters. The summed E-state index contributed by atoms with van der Waals surface area (Å²) in [5.41, 5.74) is 4.22. The molecule has 0 spiro atoms. The second-order valence-corrected chi connectivity index (χ2v) is 9.59. The van der Waals surface area contributed by atoms with Crippen molar-refractivity contribution < 1.29 is 4.79 Å².